The Labute approximate surface area is 166 Å². The van der Waals surface area contributed by atoms with Gasteiger partial charge in [0.1, 0.15) is 23.8 Å². The molecule has 1 fully saturated rings. The van der Waals surface area contributed by atoms with E-state index in [0.717, 1.165) is 6.42 Å². The van der Waals surface area contributed by atoms with Crippen LogP contribution in [0.1, 0.15) is 38.7 Å². The van der Waals surface area contributed by atoms with Crippen molar-refractivity contribution in [1.29, 1.82) is 0 Å². The zero-order chi connectivity index (χ0) is 21.1. The molecule has 0 aromatic carbocycles. The van der Waals surface area contributed by atoms with Gasteiger partial charge in [-0.05, 0) is 19.3 Å². The van der Waals surface area contributed by atoms with Gasteiger partial charge in [0.25, 0.3) is 5.91 Å². The van der Waals surface area contributed by atoms with Crippen LogP contribution in [0.2, 0.25) is 0 Å². The number of ether oxygens (including phenoxy) is 1. The van der Waals surface area contributed by atoms with Crippen LogP contribution in [-0.4, -0.2) is 71.7 Å². The maximum absolute atomic E-state index is 12.1. The molecule has 6 N–H and O–H groups in total. The highest BCUT2D eigenvalue weighted by Crippen LogP contribution is 2.32. The zero-order valence-corrected chi connectivity index (χ0v) is 16.1. The van der Waals surface area contributed by atoms with Gasteiger partial charge < -0.3 is 31.1 Å². The van der Waals surface area contributed by atoms with E-state index in [1.54, 1.807) is 6.92 Å². The van der Waals surface area contributed by atoms with Gasteiger partial charge in [-0.25, -0.2) is 15.0 Å². The van der Waals surface area contributed by atoms with Gasteiger partial charge in [-0.1, -0.05) is 19.3 Å². The number of nitrogens with one attached hydrogen (secondary N) is 1. The number of likely N-dealkylation sites (N-methyl/N-ethyl adjacent to an activating group) is 1. The van der Waals surface area contributed by atoms with Gasteiger partial charge in [-0.2, -0.15) is 0 Å². The minimum absolute atomic E-state index is 0.0661. The Bertz CT molecular complexity index is 951. The van der Waals surface area contributed by atoms with Crippen LogP contribution in [-0.2, 0) is 9.53 Å². The SMILES string of the molecule is CCCC(O)C#Cc1nc(N)c2ncn([C@@H]3O[C@H](C(=O)NCC)[C@@H](O)[C@H]3O)c2n1. The van der Waals surface area contributed by atoms with Crippen LogP contribution >= 0.6 is 0 Å². The summed E-state index contributed by atoms with van der Waals surface area (Å²) < 4.78 is 6.97. The quantitative estimate of drug-likeness (QED) is 0.379. The first-order chi connectivity index (χ1) is 13.9. The van der Waals surface area contributed by atoms with Gasteiger partial charge in [0.05, 0.1) is 6.33 Å². The largest absolute Gasteiger partial charge is 0.387 e. The molecule has 2 aromatic rings. The van der Waals surface area contributed by atoms with Gasteiger partial charge in [0.15, 0.2) is 23.8 Å². The standard InChI is InChI=1S/C18H24N6O5/c1-3-5-9(25)6-7-10-22-15(19)11-16(23-10)24(8-21-11)18-13(27)12(26)14(29-18)17(28)20-4-2/h8-9,12-14,18,25-27H,3-5H2,1-2H3,(H,20,28)(H2,19,22,23)/t9?,12-,13+,14-,18+/m0/s1. The van der Waals surface area contributed by atoms with Crippen LogP contribution < -0.4 is 11.1 Å². The Morgan fingerprint density at radius 2 is 2.14 bits per heavy atom. The monoisotopic (exact) mass is 404 g/mol. The number of nitrogen functional groups attached to an aromatic ring is 1. The van der Waals surface area contributed by atoms with Crippen LogP contribution in [0.3, 0.4) is 0 Å². The number of aliphatic hydroxyl groups excluding tert-OH is 3. The molecule has 1 aliphatic heterocycles. The Kier molecular flexibility index (Phi) is 6.29. The summed E-state index contributed by atoms with van der Waals surface area (Å²) in [6.45, 7) is 4.02. The van der Waals surface area contributed by atoms with Crippen molar-refractivity contribution in [2.45, 2.75) is 57.3 Å². The number of amides is 1. The molecule has 29 heavy (non-hydrogen) atoms. The molecule has 0 bridgehead atoms. The first kappa shape index (κ1) is 20.9. The molecule has 1 unspecified atom stereocenters. The number of carbonyl (C=O) groups is 1. The highest BCUT2D eigenvalue weighted by Gasteiger charge is 2.47. The highest BCUT2D eigenvalue weighted by atomic mass is 16.6. The van der Waals surface area contributed by atoms with E-state index >= 15 is 0 Å². The molecule has 5 atom stereocenters. The zero-order valence-electron chi connectivity index (χ0n) is 16.1. The van der Waals surface area contributed by atoms with Crippen LogP contribution in [0.15, 0.2) is 6.33 Å². The molecule has 1 saturated heterocycles. The minimum atomic E-state index is -1.42. The lowest BCUT2D eigenvalue weighted by Gasteiger charge is -2.16. The van der Waals surface area contributed by atoms with Gasteiger partial charge >= 0.3 is 0 Å². The molecule has 3 heterocycles. The van der Waals surface area contributed by atoms with E-state index in [2.05, 4.69) is 32.1 Å². The highest BCUT2D eigenvalue weighted by molar-refractivity contribution is 5.83. The molecule has 11 nitrogen and oxygen atoms in total. The second kappa shape index (κ2) is 8.71. The number of aromatic nitrogens is 4. The molecular weight excluding hydrogens is 380 g/mol. The summed E-state index contributed by atoms with van der Waals surface area (Å²) in [5, 5.41) is 33.0. The molecule has 0 radical (unpaired) electrons. The summed E-state index contributed by atoms with van der Waals surface area (Å²) in [6.07, 6.45) is -3.35. The molecule has 0 aliphatic carbocycles. The van der Waals surface area contributed by atoms with Crippen molar-refractivity contribution in [1.82, 2.24) is 24.8 Å². The predicted octanol–water partition coefficient (Wildman–Crippen LogP) is -1.32. The predicted molar refractivity (Wildman–Crippen MR) is 102 cm³/mol. The molecule has 3 rings (SSSR count). The fourth-order valence-electron chi connectivity index (χ4n) is 3.05. The second-order valence-corrected chi connectivity index (χ2v) is 6.65. The van der Waals surface area contributed by atoms with E-state index in [4.69, 9.17) is 10.5 Å². The van der Waals surface area contributed by atoms with Crippen molar-refractivity contribution in [2.75, 3.05) is 12.3 Å². The summed E-state index contributed by atoms with van der Waals surface area (Å²) in [5.74, 6) is 4.92. The first-order valence-corrected chi connectivity index (χ1v) is 9.36. The molecule has 1 aliphatic rings. The molecule has 1 amide bonds. The smallest absolute Gasteiger partial charge is 0.252 e. The average molecular weight is 404 g/mol. The summed E-state index contributed by atoms with van der Waals surface area (Å²) in [5.41, 5.74) is 6.42. The van der Waals surface area contributed by atoms with Crippen molar-refractivity contribution in [2.24, 2.45) is 0 Å². The van der Waals surface area contributed by atoms with Gasteiger partial charge in [-0.15, -0.1) is 0 Å². The van der Waals surface area contributed by atoms with E-state index in [-0.39, 0.29) is 22.8 Å². The number of hydrogen-bond donors (Lipinski definition) is 5. The first-order valence-electron chi connectivity index (χ1n) is 9.36. The van der Waals surface area contributed by atoms with Crippen molar-refractivity contribution in [3.8, 4) is 11.8 Å². The lowest BCUT2D eigenvalue weighted by Crippen LogP contribution is -2.42. The maximum Gasteiger partial charge on any atom is 0.252 e. The summed E-state index contributed by atoms with van der Waals surface area (Å²) >= 11 is 0. The Balaban J connectivity index is 1.95. The summed E-state index contributed by atoms with van der Waals surface area (Å²) in [6, 6.07) is 0. The van der Waals surface area contributed by atoms with Gasteiger partial charge in [0.2, 0.25) is 5.82 Å². The lowest BCUT2D eigenvalue weighted by atomic mass is 10.1. The topological polar surface area (TPSA) is 169 Å². The number of nitrogens with zero attached hydrogens (tertiary/aromatic N) is 4. The molecule has 11 heteroatoms. The Morgan fingerprint density at radius 3 is 2.83 bits per heavy atom. The molecular formula is C18H24N6O5. The fourth-order valence-corrected chi connectivity index (χ4v) is 3.05. The number of fused-ring (bicyclic) bond motifs is 1. The number of aliphatic hydroxyl groups is 3. The number of imidazole rings is 1. The summed E-state index contributed by atoms with van der Waals surface area (Å²) in [7, 11) is 0. The molecule has 2 aromatic heterocycles. The van der Waals surface area contributed by atoms with Crippen LogP contribution in [0.4, 0.5) is 5.82 Å². The van der Waals surface area contributed by atoms with Crippen molar-refractivity contribution >= 4 is 22.9 Å². The minimum Gasteiger partial charge on any atom is -0.387 e. The van der Waals surface area contributed by atoms with Crippen LogP contribution in [0.5, 0.6) is 0 Å². The van der Waals surface area contributed by atoms with Gasteiger partial charge in [0, 0.05) is 6.54 Å². The van der Waals surface area contributed by atoms with Crippen LogP contribution in [0, 0.1) is 11.8 Å². The van der Waals surface area contributed by atoms with Crippen molar-refractivity contribution < 1.29 is 24.9 Å². The van der Waals surface area contributed by atoms with Crippen LogP contribution in [0.25, 0.3) is 11.2 Å². The number of carbonyl (C=O) groups excluding carboxylic acids is 1. The number of anilines is 1. The second-order valence-electron chi connectivity index (χ2n) is 6.65. The van der Waals surface area contributed by atoms with Gasteiger partial charge in [-0.3, -0.25) is 9.36 Å². The molecule has 0 saturated carbocycles. The van der Waals surface area contributed by atoms with Crippen molar-refractivity contribution in [3.05, 3.63) is 12.2 Å². The third-order valence-corrected chi connectivity index (χ3v) is 4.48. The van der Waals surface area contributed by atoms with E-state index < -0.39 is 36.6 Å². The van der Waals surface area contributed by atoms with E-state index in [9.17, 15) is 20.1 Å². The normalized spacial score (nSPS) is 24.9. The van der Waals surface area contributed by atoms with E-state index in [1.165, 1.54) is 10.9 Å². The average Bonchev–Trinajstić information content (AvgIpc) is 3.23. The lowest BCUT2D eigenvalue weighted by molar-refractivity contribution is -0.137. The molecule has 0 spiro atoms. The Hall–Kier alpha value is -2.78. The fraction of sp³-hybridized carbons (Fsp3) is 0.556. The summed E-state index contributed by atoms with van der Waals surface area (Å²) in [4.78, 5) is 24.6. The van der Waals surface area contributed by atoms with E-state index in [1.807, 2.05) is 6.92 Å². The Morgan fingerprint density at radius 1 is 1.38 bits per heavy atom. The van der Waals surface area contributed by atoms with Crippen molar-refractivity contribution in [3.63, 3.8) is 0 Å². The third-order valence-electron chi connectivity index (χ3n) is 4.48. The number of rotatable bonds is 5. The number of hydrogen-bond acceptors (Lipinski definition) is 9. The molecule has 156 valence electrons. The third kappa shape index (κ3) is 4.15. The van der Waals surface area contributed by atoms with E-state index in [0.29, 0.717) is 13.0 Å². The number of nitrogens with two attached hydrogens (primary N) is 1. The maximum atomic E-state index is 12.1.